The molecule has 1 aliphatic rings. The van der Waals surface area contributed by atoms with Gasteiger partial charge in [0.05, 0.1) is 24.0 Å². The molecule has 0 saturated carbocycles. The highest BCUT2D eigenvalue weighted by atomic mass is 31.2. The number of hydrogen-bond acceptors (Lipinski definition) is 5. The first-order valence-electron chi connectivity index (χ1n) is 5.36. The summed E-state index contributed by atoms with van der Waals surface area (Å²) in [5, 5.41) is 0. The standard InChI is InChI=1S/C8H20N3O2P3/c1-3-5-6-7-8(12-4-2)13-11-15-9-14-10-16-11/h4,8-10,14-16H,2-3,5-7H2,1H3. The van der Waals surface area contributed by atoms with Crippen LogP contribution in [0.15, 0.2) is 12.8 Å². The van der Waals surface area contributed by atoms with Gasteiger partial charge < -0.3 is 4.74 Å². The Morgan fingerprint density at radius 3 is 2.75 bits per heavy atom. The summed E-state index contributed by atoms with van der Waals surface area (Å²) in [6, 6.07) is 0. The van der Waals surface area contributed by atoms with E-state index in [1.807, 2.05) is 4.60 Å². The molecule has 0 aromatic heterocycles. The van der Waals surface area contributed by atoms with E-state index in [1.165, 1.54) is 19.1 Å². The summed E-state index contributed by atoms with van der Waals surface area (Å²) in [4.78, 5) is 12.2. The van der Waals surface area contributed by atoms with E-state index < -0.39 is 0 Å². The first-order valence-corrected chi connectivity index (χ1v) is 8.25. The molecule has 0 amide bonds. The van der Waals surface area contributed by atoms with Crippen molar-refractivity contribution in [2.75, 3.05) is 0 Å². The Labute approximate surface area is 103 Å². The number of unbranched alkanes of at least 4 members (excludes halogenated alkanes) is 2. The molecular weight excluding hydrogens is 263 g/mol. The second-order valence-corrected chi connectivity index (χ2v) is 7.18. The molecule has 94 valence electrons. The SMILES string of the molecule is C=COC(CCCCC)ON1PNPNP1. The van der Waals surface area contributed by atoms with Crippen LogP contribution in [0.5, 0.6) is 0 Å². The molecule has 8 heteroatoms. The third kappa shape index (κ3) is 6.42. The van der Waals surface area contributed by atoms with Gasteiger partial charge in [-0.2, -0.15) is 0 Å². The normalized spacial score (nSPS) is 23.8. The van der Waals surface area contributed by atoms with E-state index in [2.05, 4.69) is 23.2 Å². The molecule has 0 aliphatic carbocycles. The number of rotatable bonds is 8. The van der Waals surface area contributed by atoms with Gasteiger partial charge >= 0.3 is 0 Å². The number of ether oxygens (including phenoxy) is 1. The Kier molecular flexibility index (Phi) is 8.91. The number of hydrogen-bond donors (Lipinski definition) is 2. The average molecular weight is 283 g/mol. The second kappa shape index (κ2) is 9.67. The summed E-state index contributed by atoms with van der Waals surface area (Å²) < 4.78 is 7.23. The fourth-order valence-electron chi connectivity index (χ4n) is 1.20. The minimum absolute atomic E-state index is 0.200. The van der Waals surface area contributed by atoms with Gasteiger partial charge in [0.25, 0.3) is 0 Å². The van der Waals surface area contributed by atoms with Crippen molar-refractivity contribution in [1.29, 1.82) is 0 Å². The third-order valence-corrected chi connectivity index (χ3v) is 5.14. The molecule has 3 unspecified atom stereocenters. The smallest absolute Gasteiger partial charge is 0.218 e. The minimum atomic E-state index is -0.200. The maximum Gasteiger partial charge on any atom is 0.218 e. The van der Waals surface area contributed by atoms with Gasteiger partial charge in [0.1, 0.15) is 0 Å². The molecule has 5 nitrogen and oxygen atoms in total. The lowest BCUT2D eigenvalue weighted by Crippen LogP contribution is -2.24. The fourth-order valence-corrected chi connectivity index (χ4v) is 4.84. The van der Waals surface area contributed by atoms with E-state index in [0.29, 0.717) is 26.6 Å². The van der Waals surface area contributed by atoms with Gasteiger partial charge in [0, 0.05) is 15.3 Å². The second-order valence-electron chi connectivity index (χ2n) is 3.23. The molecule has 1 saturated heterocycles. The Morgan fingerprint density at radius 2 is 2.12 bits per heavy atom. The minimum Gasteiger partial charge on any atom is -0.471 e. The van der Waals surface area contributed by atoms with E-state index in [0.717, 1.165) is 12.8 Å². The van der Waals surface area contributed by atoms with Crippen LogP contribution in [0.3, 0.4) is 0 Å². The molecule has 1 fully saturated rings. The molecular formula is C8H20N3O2P3. The van der Waals surface area contributed by atoms with Gasteiger partial charge in [-0.15, -0.1) is 4.60 Å². The largest absolute Gasteiger partial charge is 0.471 e. The van der Waals surface area contributed by atoms with E-state index in [-0.39, 0.29) is 6.29 Å². The Morgan fingerprint density at radius 1 is 1.38 bits per heavy atom. The highest BCUT2D eigenvalue weighted by molar-refractivity contribution is 7.65. The van der Waals surface area contributed by atoms with Crippen LogP contribution >= 0.6 is 26.6 Å². The zero-order valence-electron chi connectivity index (χ0n) is 9.45. The van der Waals surface area contributed by atoms with Crippen LogP contribution in [0.1, 0.15) is 32.6 Å². The summed E-state index contributed by atoms with van der Waals surface area (Å²) in [6.07, 6.45) is 5.70. The quantitative estimate of drug-likeness (QED) is 0.310. The molecule has 0 bridgehead atoms. The van der Waals surface area contributed by atoms with Gasteiger partial charge in [0.15, 0.2) is 0 Å². The molecule has 3 atom stereocenters. The molecule has 0 spiro atoms. The van der Waals surface area contributed by atoms with Crippen LogP contribution in [0.4, 0.5) is 0 Å². The van der Waals surface area contributed by atoms with E-state index in [1.54, 1.807) is 0 Å². The highest BCUT2D eigenvalue weighted by Crippen LogP contribution is 2.38. The van der Waals surface area contributed by atoms with Gasteiger partial charge in [-0.1, -0.05) is 26.3 Å². The van der Waals surface area contributed by atoms with Crippen molar-refractivity contribution in [3.8, 4) is 0 Å². The molecule has 1 heterocycles. The van der Waals surface area contributed by atoms with Crippen molar-refractivity contribution in [2.45, 2.75) is 38.9 Å². The predicted molar refractivity (Wildman–Crippen MR) is 73.4 cm³/mol. The van der Waals surface area contributed by atoms with Crippen LogP contribution in [0.25, 0.3) is 0 Å². The summed E-state index contributed by atoms with van der Waals surface area (Å²) in [5.41, 5.74) is 0. The van der Waals surface area contributed by atoms with Crippen molar-refractivity contribution in [2.24, 2.45) is 0 Å². The van der Waals surface area contributed by atoms with Gasteiger partial charge in [-0.05, 0) is 6.42 Å². The number of nitrogens with zero attached hydrogens (tertiary/aromatic N) is 1. The van der Waals surface area contributed by atoms with Crippen molar-refractivity contribution in [3.05, 3.63) is 12.8 Å². The van der Waals surface area contributed by atoms with Crippen LogP contribution in [-0.4, -0.2) is 10.9 Å². The molecule has 1 rings (SSSR count). The zero-order chi connectivity index (χ0) is 11.6. The van der Waals surface area contributed by atoms with E-state index in [9.17, 15) is 0 Å². The fraction of sp³-hybridized carbons (Fsp3) is 0.750. The van der Waals surface area contributed by atoms with Crippen LogP contribution in [0, 0.1) is 0 Å². The first kappa shape index (κ1) is 14.7. The monoisotopic (exact) mass is 283 g/mol. The molecule has 16 heavy (non-hydrogen) atoms. The molecule has 0 radical (unpaired) electrons. The summed E-state index contributed by atoms with van der Waals surface area (Å²) in [6.45, 7) is 5.76. The van der Waals surface area contributed by atoms with Crippen LogP contribution in [0.2, 0.25) is 0 Å². The van der Waals surface area contributed by atoms with Crippen LogP contribution < -0.4 is 9.72 Å². The maximum atomic E-state index is 5.72. The Balaban J connectivity index is 2.22. The van der Waals surface area contributed by atoms with Gasteiger partial charge in [-0.25, -0.2) is 4.84 Å². The summed E-state index contributed by atoms with van der Waals surface area (Å²) in [7, 11) is 1.64. The first-order chi connectivity index (χ1) is 7.86. The Hall–Kier alpha value is 0.670. The van der Waals surface area contributed by atoms with Gasteiger partial charge in [0.2, 0.25) is 6.29 Å². The Bertz CT molecular complexity index is 193. The molecule has 0 aromatic rings. The van der Waals surface area contributed by atoms with Crippen molar-refractivity contribution < 1.29 is 9.57 Å². The van der Waals surface area contributed by atoms with E-state index >= 15 is 0 Å². The molecule has 1 aliphatic heterocycles. The van der Waals surface area contributed by atoms with E-state index in [4.69, 9.17) is 9.57 Å². The summed E-state index contributed by atoms with van der Waals surface area (Å²) >= 11 is 0. The third-order valence-electron chi connectivity index (χ3n) is 1.95. The lowest BCUT2D eigenvalue weighted by molar-refractivity contribution is -0.182. The molecule has 0 aromatic carbocycles. The van der Waals surface area contributed by atoms with Crippen molar-refractivity contribution >= 4 is 26.6 Å². The predicted octanol–water partition coefficient (Wildman–Crippen LogP) is 3.00. The topological polar surface area (TPSA) is 45.8 Å². The zero-order valence-corrected chi connectivity index (χ0v) is 12.5. The highest BCUT2D eigenvalue weighted by Gasteiger charge is 2.17. The maximum absolute atomic E-state index is 5.72. The van der Waals surface area contributed by atoms with Crippen molar-refractivity contribution in [3.63, 3.8) is 0 Å². The lowest BCUT2D eigenvalue weighted by atomic mass is 10.2. The lowest BCUT2D eigenvalue weighted by Gasteiger charge is -2.29. The summed E-state index contributed by atoms with van der Waals surface area (Å²) in [5.74, 6) is 0. The number of nitrogens with one attached hydrogen (secondary N) is 2. The van der Waals surface area contributed by atoms with Gasteiger partial charge in [-0.3, -0.25) is 9.72 Å². The molecule has 2 N–H and O–H groups in total. The van der Waals surface area contributed by atoms with Crippen LogP contribution in [-0.2, 0) is 9.57 Å². The average Bonchev–Trinajstić information content (AvgIpc) is 2.31. The van der Waals surface area contributed by atoms with Crippen molar-refractivity contribution in [1.82, 2.24) is 14.3 Å².